The van der Waals surface area contributed by atoms with Gasteiger partial charge in [-0.25, -0.2) is 0 Å². The third-order valence-electron chi connectivity index (χ3n) is 2.07. The van der Waals surface area contributed by atoms with Gasteiger partial charge in [0.1, 0.15) is 11.5 Å². The molecule has 1 aromatic heterocycles. The van der Waals surface area contributed by atoms with Gasteiger partial charge in [0.15, 0.2) is 0 Å². The molecule has 0 bridgehead atoms. The average molecular weight is 250 g/mol. The molecule has 2 heterocycles. The summed E-state index contributed by atoms with van der Waals surface area (Å²) in [7, 11) is 0. The second-order valence-corrected chi connectivity index (χ2v) is 3.62. The number of aliphatic imine (C=N–C) groups is 1. The lowest BCUT2D eigenvalue weighted by atomic mass is 10.2. The highest BCUT2D eigenvalue weighted by molar-refractivity contribution is 6.33. The molecule has 0 aromatic carbocycles. The van der Waals surface area contributed by atoms with Crippen LogP contribution in [0.2, 0.25) is 5.02 Å². The first-order valence-corrected chi connectivity index (χ1v) is 4.88. The van der Waals surface area contributed by atoms with Crippen LogP contribution in [-0.2, 0) is 6.18 Å². The summed E-state index contributed by atoms with van der Waals surface area (Å²) >= 11 is 5.73. The van der Waals surface area contributed by atoms with Gasteiger partial charge in [-0.1, -0.05) is 11.6 Å². The van der Waals surface area contributed by atoms with Crippen molar-refractivity contribution in [2.24, 2.45) is 4.99 Å². The van der Waals surface area contributed by atoms with Crippen molar-refractivity contribution < 1.29 is 13.2 Å². The number of aromatic nitrogens is 1. The van der Waals surface area contributed by atoms with Crippen molar-refractivity contribution in [1.29, 1.82) is 0 Å². The Morgan fingerprint density at radius 2 is 2.12 bits per heavy atom. The van der Waals surface area contributed by atoms with E-state index >= 15 is 0 Å². The number of hydrogen-bond donors (Lipinski definition) is 1. The summed E-state index contributed by atoms with van der Waals surface area (Å²) in [6.45, 7) is 1.22. The van der Waals surface area contributed by atoms with Gasteiger partial charge in [-0.15, -0.1) is 0 Å². The largest absolute Gasteiger partial charge is 0.417 e. The predicted molar refractivity (Wildman–Crippen MR) is 53.7 cm³/mol. The fourth-order valence-electron chi connectivity index (χ4n) is 1.32. The highest BCUT2D eigenvalue weighted by Gasteiger charge is 2.32. The summed E-state index contributed by atoms with van der Waals surface area (Å²) in [4.78, 5) is 7.72. The van der Waals surface area contributed by atoms with E-state index in [0.29, 0.717) is 18.9 Å². The summed E-state index contributed by atoms with van der Waals surface area (Å²) in [5.74, 6) is 0.443. The van der Waals surface area contributed by atoms with Crippen LogP contribution in [0, 0.1) is 0 Å². The lowest BCUT2D eigenvalue weighted by Crippen LogP contribution is -2.21. The molecule has 1 N–H and O–H groups in total. The second kappa shape index (κ2) is 3.93. The van der Waals surface area contributed by atoms with Crippen molar-refractivity contribution in [3.63, 3.8) is 0 Å². The minimum atomic E-state index is -4.43. The van der Waals surface area contributed by atoms with Crippen LogP contribution in [0.4, 0.5) is 13.2 Å². The number of hydrogen-bond acceptors (Lipinski definition) is 3. The molecule has 0 spiro atoms. The van der Waals surface area contributed by atoms with Crippen LogP contribution in [0.15, 0.2) is 17.3 Å². The first kappa shape index (κ1) is 11.2. The van der Waals surface area contributed by atoms with Gasteiger partial charge in [0.25, 0.3) is 0 Å². The van der Waals surface area contributed by atoms with E-state index < -0.39 is 11.7 Å². The molecule has 0 aliphatic carbocycles. The topological polar surface area (TPSA) is 37.3 Å². The van der Waals surface area contributed by atoms with Crippen molar-refractivity contribution in [2.45, 2.75) is 6.18 Å². The van der Waals surface area contributed by atoms with E-state index in [2.05, 4.69) is 15.3 Å². The van der Waals surface area contributed by atoms with Crippen LogP contribution in [0.5, 0.6) is 0 Å². The minimum absolute atomic E-state index is 0.0528. The standard InChI is InChI=1S/C9H7ClF3N3/c10-6-3-5(9(11,12)13)4-16-7(6)8-14-1-2-15-8/h3-4H,1-2H2,(H,14,15). The first-order chi connectivity index (χ1) is 7.48. The summed E-state index contributed by atoms with van der Waals surface area (Å²) in [5, 5.41) is 2.84. The Labute approximate surface area is 94.4 Å². The van der Waals surface area contributed by atoms with E-state index in [9.17, 15) is 13.2 Å². The van der Waals surface area contributed by atoms with Crippen molar-refractivity contribution in [2.75, 3.05) is 13.1 Å². The molecule has 0 amide bonds. The smallest absolute Gasteiger partial charge is 0.367 e. The molecule has 0 saturated heterocycles. The zero-order valence-corrected chi connectivity index (χ0v) is 8.73. The van der Waals surface area contributed by atoms with E-state index in [-0.39, 0.29) is 10.7 Å². The van der Waals surface area contributed by atoms with Crippen LogP contribution in [0.3, 0.4) is 0 Å². The zero-order chi connectivity index (χ0) is 11.8. The van der Waals surface area contributed by atoms with Gasteiger partial charge < -0.3 is 5.32 Å². The molecular formula is C9H7ClF3N3. The van der Waals surface area contributed by atoms with Crippen molar-refractivity contribution in [3.8, 4) is 0 Å². The number of pyridine rings is 1. The van der Waals surface area contributed by atoms with E-state index in [0.717, 1.165) is 12.3 Å². The quantitative estimate of drug-likeness (QED) is 0.828. The summed E-state index contributed by atoms with van der Waals surface area (Å²) in [6.07, 6.45) is -3.68. The maximum absolute atomic E-state index is 12.3. The van der Waals surface area contributed by atoms with Gasteiger partial charge in [-0.05, 0) is 6.07 Å². The maximum atomic E-state index is 12.3. The highest BCUT2D eigenvalue weighted by atomic mass is 35.5. The van der Waals surface area contributed by atoms with Gasteiger partial charge in [0.2, 0.25) is 0 Å². The molecule has 16 heavy (non-hydrogen) atoms. The predicted octanol–water partition coefficient (Wildman–Crippen LogP) is 2.10. The van der Waals surface area contributed by atoms with Crippen LogP contribution in [0.1, 0.15) is 11.3 Å². The summed E-state index contributed by atoms with van der Waals surface area (Å²) in [6, 6.07) is 0.854. The van der Waals surface area contributed by atoms with Gasteiger partial charge in [-0.2, -0.15) is 13.2 Å². The van der Waals surface area contributed by atoms with E-state index in [4.69, 9.17) is 11.6 Å². The lowest BCUT2D eigenvalue weighted by Gasteiger charge is -2.09. The molecular weight excluding hydrogens is 243 g/mol. The summed E-state index contributed by atoms with van der Waals surface area (Å²) < 4.78 is 37.0. The Hall–Kier alpha value is -1.30. The molecule has 2 rings (SSSR count). The van der Waals surface area contributed by atoms with Gasteiger partial charge in [0, 0.05) is 12.7 Å². The number of rotatable bonds is 1. The Balaban J connectivity index is 2.37. The van der Waals surface area contributed by atoms with E-state index in [1.54, 1.807) is 0 Å². The first-order valence-electron chi connectivity index (χ1n) is 4.50. The fraction of sp³-hybridized carbons (Fsp3) is 0.333. The van der Waals surface area contributed by atoms with Gasteiger partial charge in [-0.3, -0.25) is 9.98 Å². The molecule has 0 atom stereocenters. The Morgan fingerprint density at radius 3 is 2.62 bits per heavy atom. The normalized spacial score (nSPS) is 15.9. The Bertz CT molecular complexity index is 442. The number of halogens is 4. The highest BCUT2D eigenvalue weighted by Crippen LogP contribution is 2.31. The SMILES string of the molecule is FC(F)(F)c1cnc(C2=NCCN2)c(Cl)c1. The van der Waals surface area contributed by atoms with Crippen molar-refractivity contribution >= 4 is 17.4 Å². The number of nitrogens with zero attached hydrogens (tertiary/aromatic N) is 2. The zero-order valence-electron chi connectivity index (χ0n) is 7.98. The monoisotopic (exact) mass is 249 g/mol. The molecule has 1 aliphatic heterocycles. The number of amidine groups is 1. The molecule has 0 saturated carbocycles. The number of nitrogens with one attached hydrogen (secondary N) is 1. The van der Waals surface area contributed by atoms with E-state index in [1.165, 1.54) is 0 Å². The molecule has 1 aliphatic rings. The lowest BCUT2D eigenvalue weighted by molar-refractivity contribution is -0.137. The molecule has 7 heteroatoms. The molecule has 1 aromatic rings. The molecule has 3 nitrogen and oxygen atoms in total. The number of alkyl halides is 3. The summed E-state index contributed by atoms with van der Waals surface area (Å²) in [5.41, 5.74) is -0.605. The van der Waals surface area contributed by atoms with Gasteiger partial charge in [0.05, 0.1) is 17.1 Å². The van der Waals surface area contributed by atoms with Crippen LogP contribution in [0.25, 0.3) is 0 Å². The second-order valence-electron chi connectivity index (χ2n) is 3.21. The minimum Gasteiger partial charge on any atom is -0.367 e. The molecule has 0 fully saturated rings. The van der Waals surface area contributed by atoms with Crippen LogP contribution >= 0.6 is 11.6 Å². The van der Waals surface area contributed by atoms with Crippen LogP contribution < -0.4 is 5.32 Å². The molecule has 86 valence electrons. The maximum Gasteiger partial charge on any atom is 0.417 e. The average Bonchev–Trinajstić information content (AvgIpc) is 2.69. The third kappa shape index (κ3) is 2.11. The molecule has 0 radical (unpaired) electrons. The fourth-order valence-corrected chi connectivity index (χ4v) is 1.58. The Morgan fingerprint density at radius 1 is 1.38 bits per heavy atom. The molecule has 0 unspecified atom stereocenters. The third-order valence-corrected chi connectivity index (χ3v) is 2.36. The Kier molecular flexibility index (Phi) is 2.75. The van der Waals surface area contributed by atoms with Crippen LogP contribution in [-0.4, -0.2) is 23.9 Å². The van der Waals surface area contributed by atoms with E-state index in [1.807, 2.05) is 0 Å². The van der Waals surface area contributed by atoms with Crippen molar-refractivity contribution in [1.82, 2.24) is 10.3 Å². The van der Waals surface area contributed by atoms with Gasteiger partial charge >= 0.3 is 6.18 Å². The van der Waals surface area contributed by atoms with Crippen molar-refractivity contribution in [3.05, 3.63) is 28.5 Å².